The molecule has 8 heteroatoms. The topological polar surface area (TPSA) is 95.2 Å². The Bertz CT molecular complexity index is 1140. The highest BCUT2D eigenvalue weighted by Crippen LogP contribution is 2.33. The lowest BCUT2D eigenvalue weighted by Crippen LogP contribution is -2.30. The molecule has 2 heterocycles. The van der Waals surface area contributed by atoms with Gasteiger partial charge in [-0.15, -0.1) is 0 Å². The van der Waals surface area contributed by atoms with Gasteiger partial charge in [0.05, 0.1) is 29.7 Å². The Morgan fingerprint density at radius 3 is 2.63 bits per heavy atom. The van der Waals surface area contributed by atoms with Crippen LogP contribution in [-0.2, 0) is 10.0 Å². The van der Waals surface area contributed by atoms with E-state index in [0.717, 1.165) is 34.3 Å². The highest BCUT2D eigenvalue weighted by molar-refractivity contribution is 7.88. The van der Waals surface area contributed by atoms with Crippen LogP contribution in [-0.4, -0.2) is 26.2 Å². The fraction of sp³-hybridized carbons (Fsp3) is 0.227. The maximum Gasteiger partial charge on any atom is 0.208 e. The van der Waals surface area contributed by atoms with Crippen molar-refractivity contribution < 1.29 is 8.42 Å². The molecule has 4 rings (SSSR count). The van der Waals surface area contributed by atoms with Gasteiger partial charge in [0.1, 0.15) is 0 Å². The number of hydrazine groups is 1. The summed E-state index contributed by atoms with van der Waals surface area (Å²) < 4.78 is 25.8. The van der Waals surface area contributed by atoms with Crippen molar-refractivity contribution in [2.75, 3.05) is 23.5 Å². The molecule has 1 aromatic heterocycles. The van der Waals surface area contributed by atoms with E-state index in [0.29, 0.717) is 0 Å². The first kappa shape index (κ1) is 20.3. The maximum absolute atomic E-state index is 11.6. The number of hydrogen-bond donors (Lipinski definition) is 4. The van der Waals surface area contributed by atoms with Gasteiger partial charge in [-0.2, -0.15) is 0 Å². The van der Waals surface area contributed by atoms with Crippen molar-refractivity contribution >= 4 is 21.4 Å². The van der Waals surface area contributed by atoms with Crippen molar-refractivity contribution in [2.24, 2.45) is 0 Å². The second-order valence-electron chi connectivity index (χ2n) is 7.48. The molecule has 1 aliphatic rings. The second-order valence-corrected chi connectivity index (χ2v) is 9.32. The van der Waals surface area contributed by atoms with Gasteiger partial charge >= 0.3 is 0 Å². The zero-order valence-corrected chi connectivity index (χ0v) is 17.7. The van der Waals surface area contributed by atoms with Gasteiger partial charge < -0.3 is 10.7 Å². The average Bonchev–Trinajstić information content (AvgIpc) is 3.11. The smallest absolute Gasteiger partial charge is 0.208 e. The fourth-order valence-corrected chi connectivity index (χ4v) is 4.00. The number of nitrogens with zero attached hydrogens (tertiary/aromatic N) is 1. The number of nitrogens with one attached hydrogen (secondary N) is 4. The van der Waals surface area contributed by atoms with Gasteiger partial charge in [-0.25, -0.2) is 18.6 Å². The van der Waals surface area contributed by atoms with Gasteiger partial charge in [0.15, 0.2) is 0 Å². The molecule has 4 N–H and O–H groups in total. The molecule has 0 saturated carbocycles. The molecule has 3 aromatic rings. The van der Waals surface area contributed by atoms with Gasteiger partial charge in [0, 0.05) is 24.5 Å². The summed E-state index contributed by atoms with van der Waals surface area (Å²) in [5.74, 6) is 0. The molecule has 0 saturated heterocycles. The Kier molecular flexibility index (Phi) is 5.72. The lowest BCUT2D eigenvalue weighted by atomic mass is 10.0. The molecular weight excluding hydrogens is 398 g/mol. The Labute approximate surface area is 177 Å². The molecule has 30 heavy (non-hydrogen) atoms. The SMILES string of the molecule is CC1NNc2ccc(-c3cncc(N[C@@H](CNS(C)(=O)=O)c4ccccc4)c3)cc21. The summed E-state index contributed by atoms with van der Waals surface area (Å²) in [6, 6.07) is 18.1. The van der Waals surface area contributed by atoms with Gasteiger partial charge in [-0.1, -0.05) is 36.4 Å². The van der Waals surface area contributed by atoms with E-state index >= 15 is 0 Å². The molecule has 1 unspecified atom stereocenters. The fourth-order valence-electron chi connectivity index (χ4n) is 3.53. The number of rotatable bonds is 7. The Balaban J connectivity index is 1.60. The van der Waals surface area contributed by atoms with E-state index in [1.54, 1.807) is 6.20 Å². The molecule has 156 valence electrons. The van der Waals surface area contributed by atoms with E-state index in [1.807, 2.05) is 42.6 Å². The van der Waals surface area contributed by atoms with E-state index in [4.69, 9.17) is 0 Å². The Hall–Kier alpha value is -2.94. The summed E-state index contributed by atoms with van der Waals surface area (Å²) in [4.78, 5) is 4.40. The molecule has 2 atom stereocenters. The summed E-state index contributed by atoms with van der Waals surface area (Å²) in [6.07, 6.45) is 4.74. The van der Waals surface area contributed by atoms with Crippen LogP contribution in [0.2, 0.25) is 0 Å². The molecule has 1 aliphatic heterocycles. The molecule has 0 aliphatic carbocycles. The van der Waals surface area contributed by atoms with Crippen LogP contribution in [0.5, 0.6) is 0 Å². The minimum atomic E-state index is -3.30. The third-order valence-electron chi connectivity index (χ3n) is 5.11. The van der Waals surface area contributed by atoms with Gasteiger partial charge in [0.25, 0.3) is 0 Å². The predicted octanol–water partition coefficient (Wildman–Crippen LogP) is 3.44. The number of anilines is 2. The van der Waals surface area contributed by atoms with E-state index in [1.165, 1.54) is 5.56 Å². The van der Waals surface area contributed by atoms with Crippen molar-refractivity contribution in [3.05, 3.63) is 78.1 Å². The average molecular weight is 424 g/mol. The monoisotopic (exact) mass is 423 g/mol. The van der Waals surface area contributed by atoms with Crippen molar-refractivity contribution in [2.45, 2.75) is 19.0 Å². The van der Waals surface area contributed by atoms with Crippen molar-refractivity contribution in [3.63, 3.8) is 0 Å². The van der Waals surface area contributed by atoms with Crippen LogP contribution < -0.4 is 20.9 Å². The summed E-state index contributed by atoms with van der Waals surface area (Å²) in [5.41, 5.74) is 12.6. The molecule has 0 fully saturated rings. The number of pyridine rings is 1. The van der Waals surface area contributed by atoms with E-state index in [9.17, 15) is 8.42 Å². The predicted molar refractivity (Wildman–Crippen MR) is 120 cm³/mol. The molecule has 7 nitrogen and oxygen atoms in total. The Morgan fingerprint density at radius 2 is 1.87 bits per heavy atom. The number of hydrogen-bond acceptors (Lipinski definition) is 6. The van der Waals surface area contributed by atoms with Crippen LogP contribution in [0.1, 0.15) is 30.1 Å². The molecule has 0 spiro atoms. The Morgan fingerprint density at radius 1 is 1.07 bits per heavy atom. The first-order valence-electron chi connectivity index (χ1n) is 9.76. The summed E-state index contributed by atoms with van der Waals surface area (Å²) >= 11 is 0. The van der Waals surface area contributed by atoms with Crippen LogP contribution in [0.3, 0.4) is 0 Å². The van der Waals surface area contributed by atoms with E-state index in [2.05, 4.69) is 51.0 Å². The van der Waals surface area contributed by atoms with Crippen LogP contribution in [0.15, 0.2) is 67.0 Å². The number of benzene rings is 2. The largest absolute Gasteiger partial charge is 0.376 e. The van der Waals surface area contributed by atoms with Crippen molar-refractivity contribution in [1.29, 1.82) is 0 Å². The van der Waals surface area contributed by atoms with Crippen LogP contribution in [0.25, 0.3) is 11.1 Å². The third-order valence-corrected chi connectivity index (χ3v) is 5.80. The normalized spacial score (nSPS) is 16.5. The van der Waals surface area contributed by atoms with Crippen molar-refractivity contribution in [3.8, 4) is 11.1 Å². The van der Waals surface area contributed by atoms with Crippen LogP contribution in [0, 0.1) is 0 Å². The van der Waals surface area contributed by atoms with Gasteiger partial charge in [-0.3, -0.25) is 4.98 Å². The van der Waals surface area contributed by atoms with Crippen LogP contribution >= 0.6 is 0 Å². The van der Waals surface area contributed by atoms with Crippen LogP contribution in [0.4, 0.5) is 11.4 Å². The number of fused-ring (bicyclic) bond motifs is 1. The number of sulfonamides is 1. The highest BCUT2D eigenvalue weighted by atomic mass is 32.2. The molecule has 0 radical (unpaired) electrons. The zero-order chi connectivity index (χ0) is 21.1. The quantitative estimate of drug-likeness (QED) is 0.465. The van der Waals surface area contributed by atoms with Crippen molar-refractivity contribution in [1.82, 2.24) is 15.1 Å². The number of aromatic nitrogens is 1. The summed E-state index contributed by atoms with van der Waals surface area (Å²) in [6.45, 7) is 2.35. The molecule has 2 aromatic carbocycles. The van der Waals surface area contributed by atoms with E-state index < -0.39 is 10.0 Å². The summed E-state index contributed by atoms with van der Waals surface area (Å²) in [5, 5.41) is 3.43. The minimum Gasteiger partial charge on any atom is -0.376 e. The standard InChI is InChI=1S/C22H25N5O2S/c1-15-20-11-17(8-9-21(20)27-26-15)18-10-19(13-23-12-18)25-22(14-24-30(2,28)29)16-6-4-3-5-7-16/h3-13,15,22,24-27H,14H2,1-2H3/t15?,22-/m0/s1. The summed E-state index contributed by atoms with van der Waals surface area (Å²) in [7, 11) is -3.30. The van der Waals surface area contributed by atoms with E-state index in [-0.39, 0.29) is 18.6 Å². The lowest BCUT2D eigenvalue weighted by Gasteiger charge is -2.21. The first-order chi connectivity index (χ1) is 14.4. The first-order valence-corrected chi connectivity index (χ1v) is 11.7. The maximum atomic E-state index is 11.6. The lowest BCUT2D eigenvalue weighted by molar-refractivity contribution is 0.582. The highest BCUT2D eigenvalue weighted by Gasteiger charge is 2.18. The van der Waals surface area contributed by atoms with Gasteiger partial charge in [-0.05, 0) is 41.8 Å². The van der Waals surface area contributed by atoms with Gasteiger partial charge in [0.2, 0.25) is 10.0 Å². The minimum absolute atomic E-state index is 0.230. The molecule has 0 bridgehead atoms. The zero-order valence-electron chi connectivity index (χ0n) is 16.9. The molecule has 0 amide bonds. The third kappa shape index (κ3) is 4.79. The second kappa shape index (κ2) is 8.43. The molecular formula is C22H25N5O2S.